The first-order valence-corrected chi connectivity index (χ1v) is 11.5. The quantitative estimate of drug-likeness (QED) is 0.413. The predicted molar refractivity (Wildman–Crippen MR) is 134 cm³/mol. The lowest BCUT2D eigenvalue weighted by atomic mass is 9.82. The molecule has 1 aliphatic heterocycles. The van der Waals surface area contributed by atoms with E-state index in [0.717, 1.165) is 46.8 Å². The molecule has 1 heterocycles. The van der Waals surface area contributed by atoms with Crippen LogP contribution in [0.2, 0.25) is 0 Å². The monoisotopic (exact) mass is 444 g/mol. The normalized spacial score (nSPS) is 13.4. The molecule has 3 aromatic rings. The molecule has 0 aromatic heterocycles. The summed E-state index contributed by atoms with van der Waals surface area (Å²) in [5.41, 5.74) is 4.79. The fourth-order valence-electron chi connectivity index (χ4n) is 4.34. The lowest BCUT2D eigenvalue weighted by Crippen LogP contribution is -2.29. The Balaban J connectivity index is 1.79. The Hall–Kier alpha value is -3.47. The van der Waals surface area contributed by atoms with Gasteiger partial charge in [-0.1, -0.05) is 43.7 Å². The fraction of sp³-hybridized carbons (Fsp3) is 0.321. The van der Waals surface area contributed by atoms with Crippen molar-refractivity contribution >= 4 is 17.3 Å². The minimum atomic E-state index is -0.306. The van der Waals surface area contributed by atoms with E-state index < -0.39 is 0 Å². The molecule has 0 bridgehead atoms. The van der Waals surface area contributed by atoms with E-state index in [1.54, 1.807) is 12.1 Å². The molecule has 0 fully saturated rings. The van der Waals surface area contributed by atoms with Gasteiger partial charge >= 0.3 is 5.97 Å². The molecule has 5 heteroatoms. The van der Waals surface area contributed by atoms with Crippen molar-refractivity contribution in [2.45, 2.75) is 31.8 Å². The van der Waals surface area contributed by atoms with E-state index in [4.69, 9.17) is 9.47 Å². The summed E-state index contributed by atoms with van der Waals surface area (Å²) in [7, 11) is 8.06. The highest BCUT2D eigenvalue weighted by Crippen LogP contribution is 2.49. The van der Waals surface area contributed by atoms with Gasteiger partial charge in [-0.25, -0.2) is 4.79 Å². The minimum absolute atomic E-state index is 0.108. The van der Waals surface area contributed by atoms with Crippen molar-refractivity contribution in [3.05, 3.63) is 83.4 Å². The molecular weight excluding hydrogens is 412 g/mol. The van der Waals surface area contributed by atoms with E-state index in [9.17, 15) is 4.79 Å². The van der Waals surface area contributed by atoms with Gasteiger partial charge < -0.3 is 19.3 Å². The summed E-state index contributed by atoms with van der Waals surface area (Å²) in [6, 6.07) is 21.7. The number of benzene rings is 3. The first-order chi connectivity index (χ1) is 15.9. The molecular formula is C28H32N2O3. The maximum atomic E-state index is 13.0. The molecule has 0 radical (unpaired) electrons. The lowest BCUT2D eigenvalue weighted by Gasteiger charge is -2.34. The summed E-state index contributed by atoms with van der Waals surface area (Å²) in [5.74, 6) is 1.22. The van der Waals surface area contributed by atoms with Gasteiger partial charge in [0.1, 0.15) is 17.6 Å². The Kier molecular flexibility index (Phi) is 6.59. The molecule has 0 amide bonds. The van der Waals surface area contributed by atoms with Crippen molar-refractivity contribution in [3.63, 3.8) is 0 Å². The summed E-state index contributed by atoms with van der Waals surface area (Å²) >= 11 is 0. The fourth-order valence-corrected chi connectivity index (χ4v) is 4.34. The van der Waals surface area contributed by atoms with E-state index in [0.29, 0.717) is 5.56 Å². The highest BCUT2D eigenvalue weighted by molar-refractivity contribution is 5.89. The molecule has 3 aromatic carbocycles. The number of ether oxygens (including phenoxy) is 2. The molecule has 0 spiro atoms. The Bertz CT molecular complexity index is 1070. The van der Waals surface area contributed by atoms with Gasteiger partial charge in [-0.05, 0) is 30.7 Å². The third-order valence-corrected chi connectivity index (χ3v) is 6.13. The topological polar surface area (TPSA) is 42.0 Å². The van der Waals surface area contributed by atoms with Gasteiger partial charge in [0, 0.05) is 62.8 Å². The van der Waals surface area contributed by atoms with Crippen LogP contribution >= 0.6 is 0 Å². The highest BCUT2D eigenvalue weighted by atomic mass is 16.5. The summed E-state index contributed by atoms with van der Waals surface area (Å²) in [5, 5.41) is 0. The highest BCUT2D eigenvalue weighted by Gasteiger charge is 2.36. The number of fused-ring (bicyclic) bond motifs is 2. The minimum Gasteiger partial charge on any atom is -0.458 e. The second-order valence-corrected chi connectivity index (χ2v) is 8.91. The molecule has 0 saturated carbocycles. The number of anilines is 2. The van der Waals surface area contributed by atoms with Crippen LogP contribution in [0.5, 0.6) is 11.5 Å². The molecule has 172 valence electrons. The van der Waals surface area contributed by atoms with Gasteiger partial charge in [-0.3, -0.25) is 0 Å². The predicted octanol–water partition coefficient (Wildman–Crippen LogP) is 6.08. The van der Waals surface area contributed by atoms with Crippen LogP contribution in [0.15, 0.2) is 66.7 Å². The molecule has 5 nitrogen and oxygen atoms in total. The molecule has 1 aliphatic rings. The van der Waals surface area contributed by atoms with Gasteiger partial charge in [-0.15, -0.1) is 0 Å². The first kappa shape index (κ1) is 22.7. The zero-order valence-electron chi connectivity index (χ0n) is 20.0. The van der Waals surface area contributed by atoms with Crippen molar-refractivity contribution in [3.8, 4) is 11.5 Å². The molecule has 0 N–H and O–H groups in total. The number of carbonyl (C=O) groups excluding carboxylic acids is 1. The third-order valence-electron chi connectivity index (χ3n) is 6.13. The van der Waals surface area contributed by atoms with Crippen LogP contribution in [0.3, 0.4) is 0 Å². The summed E-state index contributed by atoms with van der Waals surface area (Å²) < 4.78 is 12.6. The number of esters is 1. The zero-order chi connectivity index (χ0) is 23.5. The molecule has 1 atom stereocenters. The number of rotatable bonds is 7. The van der Waals surface area contributed by atoms with E-state index in [1.165, 1.54) is 0 Å². The van der Waals surface area contributed by atoms with E-state index in [-0.39, 0.29) is 18.0 Å². The van der Waals surface area contributed by atoms with Crippen molar-refractivity contribution in [1.82, 2.24) is 0 Å². The van der Waals surface area contributed by atoms with Crippen LogP contribution in [0.4, 0.5) is 11.4 Å². The van der Waals surface area contributed by atoms with E-state index in [1.807, 2.05) is 46.4 Å². The molecule has 33 heavy (non-hydrogen) atoms. The Morgan fingerprint density at radius 3 is 1.91 bits per heavy atom. The van der Waals surface area contributed by atoms with Crippen LogP contribution in [0.1, 0.15) is 47.2 Å². The van der Waals surface area contributed by atoms with Crippen LogP contribution in [-0.4, -0.2) is 40.3 Å². The van der Waals surface area contributed by atoms with Crippen LogP contribution < -0.4 is 14.5 Å². The number of carbonyl (C=O) groups is 1. The van der Waals surface area contributed by atoms with Gasteiger partial charge in [-0.2, -0.15) is 0 Å². The van der Waals surface area contributed by atoms with Crippen LogP contribution in [0.25, 0.3) is 0 Å². The molecule has 0 aliphatic carbocycles. The van der Waals surface area contributed by atoms with Crippen LogP contribution in [-0.2, 0) is 4.74 Å². The Labute approximate surface area is 196 Å². The zero-order valence-corrected chi connectivity index (χ0v) is 20.0. The van der Waals surface area contributed by atoms with Crippen molar-refractivity contribution < 1.29 is 14.3 Å². The molecule has 4 rings (SSSR count). The van der Waals surface area contributed by atoms with Crippen molar-refractivity contribution in [1.29, 1.82) is 0 Å². The number of hydrogen-bond acceptors (Lipinski definition) is 5. The second kappa shape index (κ2) is 9.57. The van der Waals surface area contributed by atoms with Crippen molar-refractivity contribution in [2.75, 3.05) is 38.0 Å². The largest absolute Gasteiger partial charge is 0.458 e. The second-order valence-electron chi connectivity index (χ2n) is 8.91. The summed E-state index contributed by atoms with van der Waals surface area (Å²) in [6.45, 7) is 2.12. The number of hydrogen-bond donors (Lipinski definition) is 0. The maximum absolute atomic E-state index is 13.0. The van der Waals surface area contributed by atoms with Crippen LogP contribution in [0, 0.1) is 0 Å². The standard InChI is InChI=1S/C28H32N2O3/c1-6-10-24(33-28(31)19-11-8-7-9-12-19)27-22-15-13-20(29(2)3)17-25(22)32-26-18-21(30(4)5)14-16-23(26)27/h7-9,11-18,24,27H,6,10H2,1-5H3. The third kappa shape index (κ3) is 4.68. The van der Waals surface area contributed by atoms with Gasteiger partial charge in [0.25, 0.3) is 0 Å². The van der Waals surface area contributed by atoms with Gasteiger partial charge in [0.05, 0.1) is 11.5 Å². The van der Waals surface area contributed by atoms with Gasteiger partial charge in [0.15, 0.2) is 0 Å². The first-order valence-electron chi connectivity index (χ1n) is 11.5. The van der Waals surface area contributed by atoms with E-state index in [2.05, 4.69) is 53.1 Å². The SMILES string of the molecule is CCCC(OC(=O)c1ccccc1)C1c2ccc(N(C)C)cc2Oc2cc(N(C)C)ccc21. The average Bonchev–Trinajstić information content (AvgIpc) is 2.81. The van der Waals surface area contributed by atoms with Crippen molar-refractivity contribution in [2.24, 2.45) is 0 Å². The lowest BCUT2D eigenvalue weighted by molar-refractivity contribution is 0.0233. The van der Waals surface area contributed by atoms with Gasteiger partial charge in [0.2, 0.25) is 0 Å². The maximum Gasteiger partial charge on any atom is 0.338 e. The smallest absolute Gasteiger partial charge is 0.338 e. The molecule has 1 unspecified atom stereocenters. The number of nitrogens with zero attached hydrogens (tertiary/aromatic N) is 2. The van der Waals surface area contributed by atoms with E-state index >= 15 is 0 Å². The average molecular weight is 445 g/mol. The molecule has 0 saturated heterocycles. The Morgan fingerprint density at radius 2 is 1.42 bits per heavy atom. The summed E-state index contributed by atoms with van der Waals surface area (Å²) in [6.07, 6.45) is 1.35. The summed E-state index contributed by atoms with van der Waals surface area (Å²) in [4.78, 5) is 17.1. The Morgan fingerprint density at radius 1 is 0.879 bits per heavy atom.